The Balaban J connectivity index is 1.28. The molecule has 0 radical (unpaired) electrons. The molecule has 0 bridgehead atoms. The molecule has 2 unspecified atom stereocenters. The molecule has 7 heteroatoms. The number of rotatable bonds is 5. The molecule has 5 nitrogen and oxygen atoms in total. The Labute approximate surface area is 173 Å². The summed E-state index contributed by atoms with van der Waals surface area (Å²) in [7, 11) is 0. The molecule has 0 aliphatic carbocycles. The zero-order valence-electron chi connectivity index (χ0n) is 15.4. The normalized spacial score (nSPS) is 21.8. The van der Waals surface area contributed by atoms with Gasteiger partial charge in [-0.2, -0.15) is 0 Å². The van der Waals surface area contributed by atoms with Gasteiger partial charge in [0.1, 0.15) is 0 Å². The Morgan fingerprint density at radius 2 is 2.07 bits per heavy atom. The van der Waals surface area contributed by atoms with Crippen molar-refractivity contribution >= 4 is 40.9 Å². The first-order valence-corrected chi connectivity index (χ1v) is 10.7. The smallest absolute Gasteiger partial charge is 0.238 e. The van der Waals surface area contributed by atoms with Gasteiger partial charge in [0.25, 0.3) is 0 Å². The monoisotopic (exact) mass is 415 g/mol. The van der Waals surface area contributed by atoms with Gasteiger partial charge in [-0.25, -0.2) is 0 Å². The number of carbonyl (C=O) groups excluding carboxylic acids is 2. The van der Waals surface area contributed by atoms with Crippen molar-refractivity contribution in [1.29, 1.82) is 0 Å². The highest BCUT2D eigenvalue weighted by Crippen LogP contribution is 2.38. The molecule has 2 aromatic rings. The lowest BCUT2D eigenvalue weighted by atomic mass is 10.2. The Kier molecular flexibility index (Phi) is 5.90. The molecule has 146 valence electrons. The zero-order valence-corrected chi connectivity index (χ0v) is 16.9. The topological polar surface area (TPSA) is 61.4 Å². The zero-order chi connectivity index (χ0) is 19.5. The maximum absolute atomic E-state index is 12.5. The largest absolute Gasteiger partial charge is 0.352 e. The fourth-order valence-corrected chi connectivity index (χ4v) is 4.91. The van der Waals surface area contributed by atoms with Crippen molar-refractivity contribution in [2.45, 2.75) is 35.6 Å². The number of thioether (sulfide) groups is 1. The summed E-state index contributed by atoms with van der Waals surface area (Å²) in [6, 6.07) is 15.9. The number of carbonyl (C=O) groups is 2. The lowest BCUT2D eigenvalue weighted by molar-refractivity contribution is -0.124. The van der Waals surface area contributed by atoms with Crippen LogP contribution in [-0.4, -0.2) is 41.1 Å². The first-order valence-electron chi connectivity index (χ1n) is 9.39. The highest BCUT2D eigenvalue weighted by molar-refractivity contribution is 8.01. The molecule has 0 spiro atoms. The van der Waals surface area contributed by atoms with Crippen LogP contribution in [0.1, 0.15) is 18.4 Å². The molecule has 0 saturated carbocycles. The van der Waals surface area contributed by atoms with Gasteiger partial charge in [0.15, 0.2) is 0 Å². The minimum absolute atomic E-state index is 0.0726. The van der Waals surface area contributed by atoms with Crippen molar-refractivity contribution in [3.05, 3.63) is 59.1 Å². The van der Waals surface area contributed by atoms with Crippen molar-refractivity contribution < 1.29 is 9.59 Å². The van der Waals surface area contributed by atoms with E-state index >= 15 is 0 Å². The second-order valence-electron chi connectivity index (χ2n) is 7.21. The van der Waals surface area contributed by atoms with E-state index in [1.54, 1.807) is 12.1 Å². The third-order valence-corrected chi connectivity index (χ3v) is 6.53. The molecule has 2 atom stereocenters. The molecule has 2 N–H and O–H groups in total. The number of anilines is 1. The predicted octanol–water partition coefficient (Wildman–Crippen LogP) is 3.53. The predicted molar refractivity (Wildman–Crippen MR) is 113 cm³/mol. The van der Waals surface area contributed by atoms with E-state index in [1.165, 1.54) is 17.3 Å². The Bertz CT molecular complexity index is 877. The van der Waals surface area contributed by atoms with Crippen molar-refractivity contribution in [3.8, 4) is 0 Å². The number of hydrogen-bond acceptors (Lipinski definition) is 4. The maximum atomic E-state index is 12.5. The molecule has 28 heavy (non-hydrogen) atoms. The van der Waals surface area contributed by atoms with Gasteiger partial charge in [0.2, 0.25) is 11.8 Å². The number of benzene rings is 2. The summed E-state index contributed by atoms with van der Waals surface area (Å²) in [5, 5.41) is 6.11. The molecule has 2 aromatic carbocycles. The first-order chi connectivity index (χ1) is 13.6. The fourth-order valence-electron chi connectivity index (χ4n) is 3.65. The highest BCUT2D eigenvalue weighted by atomic mass is 35.5. The number of hydrogen-bond donors (Lipinski definition) is 2. The summed E-state index contributed by atoms with van der Waals surface area (Å²) < 4.78 is 0. The number of likely N-dealkylation sites (tertiary alicyclic amines) is 1. The van der Waals surface area contributed by atoms with Gasteiger partial charge in [-0.1, -0.05) is 41.9 Å². The van der Waals surface area contributed by atoms with Crippen molar-refractivity contribution in [2.24, 2.45) is 0 Å². The van der Waals surface area contributed by atoms with Crippen LogP contribution in [0.4, 0.5) is 5.69 Å². The summed E-state index contributed by atoms with van der Waals surface area (Å²) in [4.78, 5) is 28.1. The molecular weight excluding hydrogens is 394 g/mol. The number of halogens is 1. The van der Waals surface area contributed by atoms with E-state index in [-0.39, 0.29) is 24.3 Å². The summed E-state index contributed by atoms with van der Waals surface area (Å²) >= 11 is 7.39. The van der Waals surface area contributed by atoms with E-state index in [1.807, 2.05) is 24.3 Å². The Morgan fingerprint density at radius 1 is 1.25 bits per heavy atom. The van der Waals surface area contributed by atoms with E-state index in [0.717, 1.165) is 31.0 Å². The van der Waals surface area contributed by atoms with Crippen LogP contribution in [-0.2, 0) is 16.1 Å². The van der Waals surface area contributed by atoms with Crippen LogP contribution in [0.2, 0.25) is 5.02 Å². The summed E-state index contributed by atoms with van der Waals surface area (Å²) in [5.74, 6) is -0.219. The van der Waals surface area contributed by atoms with E-state index in [0.29, 0.717) is 10.7 Å². The van der Waals surface area contributed by atoms with E-state index in [2.05, 4.69) is 27.7 Å². The maximum Gasteiger partial charge on any atom is 0.238 e. The van der Waals surface area contributed by atoms with Crippen molar-refractivity contribution in [2.75, 3.05) is 18.4 Å². The van der Waals surface area contributed by atoms with Gasteiger partial charge >= 0.3 is 0 Å². The van der Waals surface area contributed by atoms with E-state index in [4.69, 9.17) is 11.6 Å². The van der Waals surface area contributed by atoms with Gasteiger partial charge in [0, 0.05) is 42.0 Å². The summed E-state index contributed by atoms with van der Waals surface area (Å²) in [6.45, 7) is 2.70. The third-order valence-electron chi connectivity index (χ3n) is 5.02. The lowest BCUT2D eigenvalue weighted by Crippen LogP contribution is -2.40. The molecule has 2 aliphatic heterocycles. The molecule has 4 rings (SSSR count). The minimum atomic E-state index is -0.421. The molecule has 2 heterocycles. The Hall–Kier alpha value is -2.02. The van der Waals surface area contributed by atoms with Gasteiger partial charge in [-0.15, -0.1) is 11.8 Å². The highest BCUT2D eigenvalue weighted by Gasteiger charge is 2.31. The van der Waals surface area contributed by atoms with E-state index in [9.17, 15) is 9.59 Å². The average molecular weight is 416 g/mol. The summed E-state index contributed by atoms with van der Waals surface area (Å²) in [6.07, 6.45) is 1.11. The van der Waals surface area contributed by atoms with Gasteiger partial charge in [-0.3, -0.25) is 14.5 Å². The summed E-state index contributed by atoms with van der Waals surface area (Å²) in [5.41, 5.74) is 2.00. The standard InChI is InChI=1S/C21H22ClN3O2S/c22-15-6-7-18-17(10-15)24-21(27)19(28-18)11-20(26)23-16-8-9-25(13-16)12-14-4-2-1-3-5-14/h1-7,10,16,19H,8-9,11-13H2,(H,23,26)(H,24,27). The number of nitrogens with zero attached hydrogens (tertiary/aromatic N) is 1. The molecule has 2 amide bonds. The third kappa shape index (κ3) is 4.69. The van der Waals surface area contributed by atoms with Crippen LogP contribution in [0.5, 0.6) is 0 Å². The molecule has 1 fully saturated rings. The van der Waals surface area contributed by atoms with Gasteiger partial charge in [-0.05, 0) is 30.2 Å². The number of fused-ring (bicyclic) bond motifs is 1. The van der Waals surface area contributed by atoms with Gasteiger partial charge < -0.3 is 10.6 Å². The van der Waals surface area contributed by atoms with Crippen LogP contribution in [0.25, 0.3) is 0 Å². The average Bonchev–Trinajstić information content (AvgIpc) is 3.10. The van der Waals surface area contributed by atoms with Gasteiger partial charge in [0.05, 0.1) is 10.9 Å². The second-order valence-corrected chi connectivity index (χ2v) is 8.90. The lowest BCUT2D eigenvalue weighted by Gasteiger charge is -2.24. The molecular formula is C21H22ClN3O2S. The van der Waals surface area contributed by atoms with Crippen LogP contribution in [0, 0.1) is 0 Å². The quantitative estimate of drug-likeness (QED) is 0.784. The van der Waals surface area contributed by atoms with Crippen LogP contribution >= 0.6 is 23.4 Å². The van der Waals surface area contributed by atoms with Crippen LogP contribution in [0.15, 0.2) is 53.4 Å². The van der Waals surface area contributed by atoms with Crippen LogP contribution in [0.3, 0.4) is 0 Å². The molecule has 0 aromatic heterocycles. The van der Waals surface area contributed by atoms with Crippen LogP contribution < -0.4 is 10.6 Å². The second kappa shape index (κ2) is 8.55. The molecule has 1 saturated heterocycles. The van der Waals surface area contributed by atoms with Crippen molar-refractivity contribution in [3.63, 3.8) is 0 Å². The molecule has 2 aliphatic rings. The number of amides is 2. The number of nitrogens with one attached hydrogen (secondary N) is 2. The van der Waals surface area contributed by atoms with E-state index < -0.39 is 5.25 Å². The first kappa shape index (κ1) is 19.3. The fraction of sp³-hybridized carbons (Fsp3) is 0.333. The Morgan fingerprint density at radius 3 is 2.89 bits per heavy atom. The SMILES string of the molecule is O=C(CC1Sc2ccc(Cl)cc2NC1=O)NC1CCN(Cc2ccccc2)C1. The minimum Gasteiger partial charge on any atom is -0.352 e. The van der Waals surface area contributed by atoms with Crippen molar-refractivity contribution in [1.82, 2.24) is 10.2 Å².